The van der Waals surface area contributed by atoms with Crippen molar-refractivity contribution in [1.82, 2.24) is 15.3 Å². The molecule has 5 nitrogen and oxygen atoms in total. The van der Waals surface area contributed by atoms with Crippen molar-refractivity contribution < 1.29 is 4.79 Å². The van der Waals surface area contributed by atoms with Crippen LogP contribution in [0.1, 0.15) is 34.5 Å². The molecule has 0 spiro atoms. The summed E-state index contributed by atoms with van der Waals surface area (Å²) in [4.78, 5) is 20.5. The molecular formula is C15H20N4OS. The molecule has 1 amide bonds. The van der Waals surface area contributed by atoms with Gasteiger partial charge in [-0.1, -0.05) is 6.92 Å². The van der Waals surface area contributed by atoms with E-state index in [9.17, 15) is 4.79 Å². The molecule has 0 atom stereocenters. The van der Waals surface area contributed by atoms with E-state index in [1.165, 1.54) is 0 Å². The molecule has 0 saturated carbocycles. The Morgan fingerprint density at radius 1 is 1.33 bits per heavy atom. The second kappa shape index (κ2) is 7.73. The molecule has 2 aromatic heterocycles. The van der Waals surface area contributed by atoms with Crippen molar-refractivity contribution in [2.75, 3.05) is 18.4 Å². The van der Waals surface area contributed by atoms with E-state index in [4.69, 9.17) is 0 Å². The highest BCUT2D eigenvalue weighted by atomic mass is 32.1. The van der Waals surface area contributed by atoms with E-state index in [1.54, 1.807) is 23.6 Å². The second-order valence-corrected chi connectivity index (χ2v) is 5.69. The summed E-state index contributed by atoms with van der Waals surface area (Å²) >= 11 is 1.62. The lowest BCUT2D eigenvalue weighted by Crippen LogP contribution is -2.26. The molecule has 21 heavy (non-hydrogen) atoms. The van der Waals surface area contributed by atoms with Crippen LogP contribution in [0.5, 0.6) is 0 Å². The lowest BCUT2D eigenvalue weighted by molar-refractivity contribution is 0.0949. The molecule has 2 heterocycles. The molecule has 2 aromatic rings. The van der Waals surface area contributed by atoms with Crippen LogP contribution in [0.15, 0.2) is 23.7 Å². The minimum absolute atomic E-state index is 0.148. The molecule has 0 saturated heterocycles. The Hall–Kier alpha value is -1.95. The number of anilines is 1. The number of amides is 1. The molecule has 0 aliphatic carbocycles. The Bertz CT molecular complexity index is 580. The Kier molecular flexibility index (Phi) is 5.68. The number of nitrogens with one attached hydrogen (secondary N) is 2. The highest BCUT2D eigenvalue weighted by Gasteiger charge is 2.07. The first-order chi connectivity index (χ1) is 10.2. The van der Waals surface area contributed by atoms with Gasteiger partial charge < -0.3 is 10.6 Å². The average Bonchev–Trinajstić information content (AvgIpc) is 2.91. The number of carbonyl (C=O) groups excluding carboxylic acids is 1. The Balaban J connectivity index is 1.79. The van der Waals surface area contributed by atoms with Gasteiger partial charge in [-0.2, -0.15) is 0 Å². The molecule has 2 N–H and O–H groups in total. The van der Waals surface area contributed by atoms with Gasteiger partial charge in [-0.05, 0) is 25.5 Å². The molecule has 0 radical (unpaired) electrons. The van der Waals surface area contributed by atoms with E-state index in [1.807, 2.05) is 18.4 Å². The van der Waals surface area contributed by atoms with Crippen LogP contribution in [0.4, 0.5) is 5.69 Å². The lowest BCUT2D eigenvalue weighted by Gasteiger charge is -2.06. The quantitative estimate of drug-likeness (QED) is 0.825. The van der Waals surface area contributed by atoms with Gasteiger partial charge in [0.2, 0.25) is 0 Å². The van der Waals surface area contributed by atoms with Crippen molar-refractivity contribution in [3.63, 3.8) is 0 Å². The number of carbonyl (C=O) groups is 1. The zero-order valence-electron chi connectivity index (χ0n) is 12.3. The van der Waals surface area contributed by atoms with E-state index in [-0.39, 0.29) is 5.91 Å². The summed E-state index contributed by atoms with van der Waals surface area (Å²) in [6.07, 6.45) is 3.49. The summed E-state index contributed by atoms with van der Waals surface area (Å²) in [6.45, 7) is 5.55. The Morgan fingerprint density at radius 2 is 2.19 bits per heavy atom. The minimum Gasteiger partial charge on any atom is -0.384 e. The van der Waals surface area contributed by atoms with Crippen LogP contribution in [-0.2, 0) is 6.42 Å². The highest BCUT2D eigenvalue weighted by molar-refractivity contribution is 7.09. The van der Waals surface area contributed by atoms with E-state index in [2.05, 4.69) is 27.5 Å². The number of thiazole rings is 1. The predicted octanol–water partition coefficient (Wildman–Crippen LogP) is 2.64. The summed E-state index contributed by atoms with van der Waals surface area (Å²) in [7, 11) is 0. The zero-order chi connectivity index (χ0) is 15.1. The van der Waals surface area contributed by atoms with Crippen molar-refractivity contribution in [3.8, 4) is 0 Å². The molecule has 112 valence electrons. The minimum atomic E-state index is -0.148. The number of aryl methyl sites for hydroxylation is 1. The SMILES string of the molecule is CCCNc1ccc(C(=O)NCCc2nc(C)cs2)nc1. The standard InChI is InChI=1S/C15H20N4OS/c1-3-7-16-12-4-5-13(18-9-12)15(20)17-8-6-14-19-11(2)10-21-14/h4-5,9-10,16H,3,6-8H2,1-2H3,(H,17,20). The van der Waals surface area contributed by atoms with Crippen LogP contribution in [0.3, 0.4) is 0 Å². The number of hydrogen-bond donors (Lipinski definition) is 2. The first kappa shape index (κ1) is 15.4. The molecule has 0 fully saturated rings. The van der Waals surface area contributed by atoms with Crippen molar-refractivity contribution in [2.24, 2.45) is 0 Å². The van der Waals surface area contributed by atoms with Crippen LogP contribution in [0.25, 0.3) is 0 Å². The van der Waals surface area contributed by atoms with Gasteiger partial charge in [0.15, 0.2) is 0 Å². The third-order valence-corrected chi connectivity index (χ3v) is 3.89. The van der Waals surface area contributed by atoms with Crippen LogP contribution < -0.4 is 10.6 Å². The summed E-state index contributed by atoms with van der Waals surface area (Å²) < 4.78 is 0. The molecule has 2 rings (SSSR count). The van der Waals surface area contributed by atoms with Crippen molar-refractivity contribution in [1.29, 1.82) is 0 Å². The van der Waals surface area contributed by atoms with E-state index in [0.29, 0.717) is 12.2 Å². The van der Waals surface area contributed by atoms with Crippen LogP contribution in [-0.4, -0.2) is 29.0 Å². The molecule has 0 aliphatic rings. The van der Waals surface area contributed by atoms with Crippen molar-refractivity contribution in [3.05, 3.63) is 40.1 Å². The van der Waals surface area contributed by atoms with E-state index < -0.39 is 0 Å². The van der Waals surface area contributed by atoms with Gasteiger partial charge in [-0.3, -0.25) is 4.79 Å². The number of pyridine rings is 1. The largest absolute Gasteiger partial charge is 0.384 e. The monoisotopic (exact) mass is 304 g/mol. The van der Waals surface area contributed by atoms with Crippen LogP contribution >= 0.6 is 11.3 Å². The third kappa shape index (κ3) is 4.82. The van der Waals surface area contributed by atoms with Crippen LogP contribution in [0, 0.1) is 6.92 Å². The maximum atomic E-state index is 12.0. The fourth-order valence-electron chi connectivity index (χ4n) is 1.79. The number of hydrogen-bond acceptors (Lipinski definition) is 5. The Labute approximate surface area is 128 Å². The fourth-order valence-corrected chi connectivity index (χ4v) is 2.57. The van der Waals surface area contributed by atoms with E-state index in [0.717, 1.165) is 35.8 Å². The van der Waals surface area contributed by atoms with Gasteiger partial charge >= 0.3 is 0 Å². The van der Waals surface area contributed by atoms with Gasteiger partial charge in [0.1, 0.15) is 5.69 Å². The molecule has 0 aliphatic heterocycles. The molecule has 6 heteroatoms. The average molecular weight is 304 g/mol. The van der Waals surface area contributed by atoms with Crippen LogP contribution in [0.2, 0.25) is 0 Å². The summed E-state index contributed by atoms with van der Waals surface area (Å²) in [5, 5.41) is 9.15. The number of nitrogens with zero attached hydrogens (tertiary/aromatic N) is 2. The lowest BCUT2D eigenvalue weighted by atomic mass is 10.3. The highest BCUT2D eigenvalue weighted by Crippen LogP contribution is 2.09. The Morgan fingerprint density at radius 3 is 2.81 bits per heavy atom. The van der Waals surface area contributed by atoms with Gasteiger partial charge in [0.25, 0.3) is 5.91 Å². The number of rotatable bonds is 7. The van der Waals surface area contributed by atoms with Crippen molar-refractivity contribution in [2.45, 2.75) is 26.7 Å². The first-order valence-electron chi connectivity index (χ1n) is 7.08. The predicted molar refractivity (Wildman–Crippen MR) is 85.9 cm³/mol. The third-order valence-electron chi connectivity index (χ3n) is 2.87. The summed E-state index contributed by atoms with van der Waals surface area (Å²) in [6, 6.07) is 3.61. The second-order valence-electron chi connectivity index (χ2n) is 4.75. The fraction of sp³-hybridized carbons (Fsp3) is 0.400. The summed E-state index contributed by atoms with van der Waals surface area (Å²) in [5.41, 5.74) is 2.40. The van der Waals surface area contributed by atoms with Gasteiger partial charge in [0, 0.05) is 30.6 Å². The van der Waals surface area contributed by atoms with Gasteiger partial charge in [-0.15, -0.1) is 11.3 Å². The van der Waals surface area contributed by atoms with Gasteiger partial charge in [0.05, 0.1) is 16.9 Å². The van der Waals surface area contributed by atoms with Gasteiger partial charge in [-0.25, -0.2) is 9.97 Å². The maximum absolute atomic E-state index is 12.0. The summed E-state index contributed by atoms with van der Waals surface area (Å²) in [5.74, 6) is -0.148. The van der Waals surface area contributed by atoms with E-state index >= 15 is 0 Å². The molecule has 0 aromatic carbocycles. The maximum Gasteiger partial charge on any atom is 0.269 e. The molecule has 0 bridgehead atoms. The molecular weight excluding hydrogens is 284 g/mol. The smallest absolute Gasteiger partial charge is 0.269 e. The zero-order valence-corrected chi connectivity index (χ0v) is 13.2. The topological polar surface area (TPSA) is 66.9 Å². The normalized spacial score (nSPS) is 10.4. The first-order valence-corrected chi connectivity index (χ1v) is 7.96. The molecule has 0 unspecified atom stereocenters. The van der Waals surface area contributed by atoms with Crippen molar-refractivity contribution >= 4 is 22.9 Å². The number of aromatic nitrogens is 2.